The Bertz CT molecular complexity index is 825. The summed E-state index contributed by atoms with van der Waals surface area (Å²) in [6, 6.07) is 3.12. The Hall–Kier alpha value is -3.30. The summed E-state index contributed by atoms with van der Waals surface area (Å²) in [6.45, 7) is 1.19. The number of rotatable bonds is 8. The van der Waals surface area contributed by atoms with Crippen molar-refractivity contribution in [1.82, 2.24) is 9.97 Å². The van der Waals surface area contributed by atoms with E-state index in [1.54, 1.807) is 0 Å². The van der Waals surface area contributed by atoms with Gasteiger partial charge in [-0.1, -0.05) is 0 Å². The molecule has 26 heavy (non-hydrogen) atoms. The first-order chi connectivity index (χ1) is 12.4. The zero-order valence-corrected chi connectivity index (χ0v) is 13.5. The molecule has 0 unspecified atom stereocenters. The van der Waals surface area contributed by atoms with Crippen LogP contribution in [-0.4, -0.2) is 22.4 Å². The Morgan fingerprint density at radius 3 is 2.65 bits per heavy atom. The van der Waals surface area contributed by atoms with Gasteiger partial charge in [0, 0.05) is 24.3 Å². The molecule has 0 aliphatic carbocycles. The average Bonchev–Trinajstić information content (AvgIpc) is 2.63. The number of ether oxygens (including phenoxy) is 1. The van der Waals surface area contributed by atoms with Gasteiger partial charge in [0.05, 0.1) is 11.1 Å². The number of benzene rings is 1. The molecule has 0 aliphatic heterocycles. The van der Waals surface area contributed by atoms with Crippen LogP contribution < -0.4 is 10.1 Å². The number of hydrogen-bond acceptors (Lipinski definition) is 7. The molecular weight excluding hydrogens is 351 g/mol. The monoisotopic (exact) mass is 365 g/mol. The van der Waals surface area contributed by atoms with Crippen molar-refractivity contribution >= 4 is 11.5 Å². The van der Waals surface area contributed by atoms with E-state index in [4.69, 9.17) is 10.3 Å². The van der Waals surface area contributed by atoms with Gasteiger partial charge in [0.15, 0.2) is 5.78 Å². The number of halogens is 3. The molecule has 0 radical (unpaired) electrons. The fraction of sp³-hybridized carbons (Fsp3) is 0.188. The number of ketones is 1. The van der Waals surface area contributed by atoms with Gasteiger partial charge in [0.25, 0.3) is 6.43 Å². The second-order valence-corrected chi connectivity index (χ2v) is 5.03. The van der Waals surface area contributed by atoms with E-state index in [0.29, 0.717) is 5.56 Å². The molecule has 1 heterocycles. The van der Waals surface area contributed by atoms with Gasteiger partial charge in [-0.15, -0.1) is 0 Å². The summed E-state index contributed by atoms with van der Waals surface area (Å²) in [5, 5.41) is 5.87. The third kappa shape index (κ3) is 5.10. The van der Waals surface area contributed by atoms with Crippen LogP contribution in [0.2, 0.25) is 0 Å². The van der Waals surface area contributed by atoms with Crippen molar-refractivity contribution in [2.45, 2.75) is 13.3 Å². The van der Waals surface area contributed by atoms with E-state index < -0.39 is 17.8 Å². The second-order valence-electron chi connectivity index (χ2n) is 5.03. The Balaban J connectivity index is 2.01. The molecule has 0 bridgehead atoms. The highest BCUT2D eigenvalue weighted by molar-refractivity contribution is 5.93. The predicted molar refractivity (Wildman–Crippen MR) is 85.7 cm³/mol. The summed E-state index contributed by atoms with van der Waals surface area (Å²) >= 11 is 0. The molecule has 10 heteroatoms. The van der Waals surface area contributed by atoms with E-state index in [1.165, 1.54) is 31.6 Å². The molecule has 2 aromatic rings. The highest BCUT2D eigenvalue weighted by atomic mass is 19.3. The Morgan fingerprint density at radius 1 is 1.38 bits per heavy atom. The number of Topliss-reactive ketones (excluding diaryl/α,β-unsaturated/α-hetero) is 1. The van der Waals surface area contributed by atoms with E-state index in [2.05, 4.69) is 20.4 Å². The van der Waals surface area contributed by atoms with Gasteiger partial charge in [-0.05, 0) is 25.1 Å². The fourth-order valence-electron chi connectivity index (χ4n) is 1.78. The minimum absolute atomic E-state index is 0.0219. The third-order valence-electron chi connectivity index (χ3n) is 3.16. The predicted octanol–water partition coefficient (Wildman–Crippen LogP) is 4.12. The molecule has 7 nitrogen and oxygen atoms in total. The van der Waals surface area contributed by atoms with Crippen molar-refractivity contribution in [3.63, 3.8) is 0 Å². The minimum Gasteiger partial charge on any atom is -0.457 e. The van der Waals surface area contributed by atoms with Gasteiger partial charge in [-0.3, -0.25) is 4.79 Å². The van der Waals surface area contributed by atoms with Crippen molar-refractivity contribution in [2.24, 2.45) is 5.11 Å². The summed E-state index contributed by atoms with van der Waals surface area (Å²) in [7, 11) is 0. The summed E-state index contributed by atoms with van der Waals surface area (Å²) in [6.07, 6.45) is 0.905. The van der Waals surface area contributed by atoms with E-state index in [9.17, 15) is 18.0 Å². The summed E-state index contributed by atoms with van der Waals surface area (Å²) in [4.78, 5) is 18.8. The van der Waals surface area contributed by atoms with Gasteiger partial charge in [0.1, 0.15) is 18.1 Å². The first-order valence-corrected chi connectivity index (χ1v) is 7.27. The molecule has 1 aromatic heterocycles. The molecule has 0 fully saturated rings. The average molecular weight is 365 g/mol. The minimum atomic E-state index is -2.94. The number of aromatic nitrogens is 2. The quantitative estimate of drug-likeness (QED) is 0.541. The fourth-order valence-corrected chi connectivity index (χ4v) is 1.78. The van der Waals surface area contributed by atoms with Gasteiger partial charge in [-0.25, -0.2) is 28.7 Å². The second kappa shape index (κ2) is 8.70. The largest absolute Gasteiger partial charge is 0.457 e. The van der Waals surface area contributed by atoms with Crippen LogP contribution in [0.4, 0.5) is 18.9 Å². The molecule has 0 amide bonds. The molecule has 0 atom stereocenters. The number of alkyl halides is 2. The first kappa shape index (κ1) is 19.0. The number of nitrogens with one attached hydrogen (secondary N) is 2. The lowest BCUT2D eigenvalue weighted by Crippen LogP contribution is -2.05. The Labute approximate surface area is 146 Å². The molecule has 2 N–H and O–H groups in total. The topological polar surface area (TPSA) is 100 Å². The number of hydrogen-bond donors (Lipinski definition) is 2. The first-order valence-electron chi connectivity index (χ1n) is 7.27. The van der Waals surface area contributed by atoms with E-state index >= 15 is 0 Å². The van der Waals surface area contributed by atoms with Crippen LogP contribution >= 0.6 is 0 Å². The van der Waals surface area contributed by atoms with Crippen LogP contribution in [0.5, 0.6) is 6.01 Å². The summed E-state index contributed by atoms with van der Waals surface area (Å²) in [5.74, 6) is -1.20. The number of carbonyl (C=O) groups excluding carboxylic acids is 1. The van der Waals surface area contributed by atoms with Gasteiger partial charge in [0.2, 0.25) is 0 Å². The van der Waals surface area contributed by atoms with Gasteiger partial charge in [-0.2, -0.15) is 5.11 Å². The van der Waals surface area contributed by atoms with Crippen LogP contribution in [0.3, 0.4) is 0 Å². The van der Waals surface area contributed by atoms with E-state index in [0.717, 1.165) is 12.1 Å². The number of carbonyl (C=O) groups is 1. The van der Waals surface area contributed by atoms with E-state index in [1.807, 2.05) is 0 Å². The lowest BCUT2D eigenvalue weighted by molar-refractivity contribution is 0.101. The summed E-state index contributed by atoms with van der Waals surface area (Å²) in [5.41, 5.74) is 6.99. The SMILES string of the molecule is CC(=O)c1cnc(OC/C(=C/Nc2ccc(F)c(C(F)F)c2)N=N)nc1. The molecule has 1 aromatic carbocycles. The maximum absolute atomic E-state index is 13.2. The summed E-state index contributed by atoms with van der Waals surface area (Å²) < 4.78 is 43.8. The lowest BCUT2D eigenvalue weighted by Gasteiger charge is -2.07. The standard InChI is InChI=1S/C16H14F3N5O2/c1-9(25)10-5-22-16(23-6-10)26-8-12(24-20)7-21-11-2-3-14(17)13(4-11)15(18)19/h2-7,15,20-21H,8H2,1H3/b12-7-,24-20?. The molecule has 136 valence electrons. The Kier molecular flexibility index (Phi) is 6.36. The van der Waals surface area contributed by atoms with Crippen LogP contribution in [-0.2, 0) is 0 Å². The van der Waals surface area contributed by atoms with Crippen molar-refractivity contribution in [2.75, 3.05) is 11.9 Å². The molecular formula is C16H14F3N5O2. The van der Waals surface area contributed by atoms with Crippen LogP contribution in [0.15, 0.2) is 47.6 Å². The normalized spacial score (nSPS) is 11.3. The molecule has 0 aliphatic rings. The van der Waals surface area contributed by atoms with Crippen molar-refractivity contribution < 1.29 is 22.7 Å². The molecule has 2 rings (SSSR count). The third-order valence-corrected chi connectivity index (χ3v) is 3.16. The molecule has 0 saturated carbocycles. The highest BCUT2D eigenvalue weighted by Gasteiger charge is 2.13. The highest BCUT2D eigenvalue weighted by Crippen LogP contribution is 2.25. The number of nitrogens with zero attached hydrogens (tertiary/aromatic N) is 3. The van der Waals surface area contributed by atoms with Gasteiger partial charge < -0.3 is 10.1 Å². The van der Waals surface area contributed by atoms with Crippen LogP contribution in [0.1, 0.15) is 29.3 Å². The number of anilines is 1. The van der Waals surface area contributed by atoms with Crippen LogP contribution in [0, 0.1) is 11.3 Å². The maximum atomic E-state index is 13.2. The lowest BCUT2D eigenvalue weighted by atomic mass is 10.2. The zero-order chi connectivity index (χ0) is 19.1. The van der Waals surface area contributed by atoms with Gasteiger partial charge >= 0.3 is 6.01 Å². The molecule has 0 saturated heterocycles. The smallest absolute Gasteiger partial charge is 0.316 e. The molecule has 0 spiro atoms. The Morgan fingerprint density at radius 2 is 2.08 bits per heavy atom. The maximum Gasteiger partial charge on any atom is 0.316 e. The van der Waals surface area contributed by atoms with Crippen molar-refractivity contribution in [3.8, 4) is 6.01 Å². The van der Waals surface area contributed by atoms with Crippen molar-refractivity contribution in [1.29, 1.82) is 5.53 Å². The van der Waals surface area contributed by atoms with Crippen LogP contribution in [0.25, 0.3) is 0 Å². The van der Waals surface area contributed by atoms with Crippen molar-refractivity contribution in [3.05, 3.63) is 59.4 Å². The van der Waals surface area contributed by atoms with E-state index in [-0.39, 0.29) is 29.8 Å². The zero-order valence-electron chi connectivity index (χ0n) is 13.5.